The summed E-state index contributed by atoms with van der Waals surface area (Å²) in [6, 6.07) is 12.7. The zero-order valence-electron chi connectivity index (χ0n) is 12.8. The molecule has 24 heavy (non-hydrogen) atoms. The summed E-state index contributed by atoms with van der Waals surface area (Å²) in [6.45, 7) is 0. The number of nitro groups is 1. The second kappa shape index (κ2) is 5.66. The summed E-state index contributed by atoms with van der Waals surface area (Å²) in [5.41, 5.74) is 6.21. The van der Waals surface area contributed by atoms with Gasteiger partial charge in [0.05, 0.1) is 4.92 Å². The number of benzene rings is 2. The molecule has 2 aromatic rings. The summed E-state index contributed by atoms with van der Waals surface area (Å²) in [7, 11) is 0. The van der Waals surface area contributed by atoms with Crippen LogP contribution in [0, 0.1) is 10.1 Å². The first-order valence-corrected chi connectivity index (χ1v) is 7.64. The molecule has 116 valence electrons. The number of nitrogens with one attached hydrogen (secondary N) is 1. The maximum Gasteiger partial charge on any atom is 0.270 e. The molecule has 4 nitrogen and oxygen atoms in total. The number of fused-ring (bicyclic) bond motifs is 1. The van der Waals surface area contributed by atoms with Gasteiger partial charge in [-0.05, 0) is 40.5 Å². The Morgan fingerprint density at radius 2 is 1.67 bits per heavy atom. The average molecular weight is 314 g/mol. The largest absolute Gasteiger partial charge is 0.355 e. The number of rotatable bonds is 2. The monoisotopic (exact) mass is 314 g/mol. The van der Waals surface area contributed by atoms with Gasteiger partial charge in [0.15, 0.2) is 0 Å². The third kappa shape index (κ3) is 2.54. The standard InChI is InChI=1S/C20H14N2O2/c23-22(24)18-7-3-6-15(13-18)16-8-10-20-17(12-16)9-11-19(21-20)14-4-1-2-5-14/h1-13,21H. The number of nitro benzene ring substituents is 1. The first kappa shape index (κ1) is 14.2. The normalized spacial score (nSPS) is 14.7. The van der Waals surface area contributed by atoms with Crippen molar-refractivity contribution in [2.75, 3.05) is 5.32 Å². The van der Waals surface area contributed by atoms with E-state index < -0.39 is 0 Å². The number of anilines is 1. The van der Waals surface area contributed by atoms with Crippen LogP contribution in [-0.2, 0) is 0 Å². The van der Waals surface area contributed by atoms with Crippen molar-refractivity contribution in [3.05, 3.63) is 99.8 Å². The Bertz CT molecular complexity index is 951. The zero-order valence-corrected chi connectivity index (χ0v) is 12.8. The highest BCUT2D eigenvalue weighted by Crippen LogP contribution is 2.32. The molecule has 0 saturated heterocycles. The van der Waals surface area contributed by atoms with Gasteiger partial charge >= 0.3 is 0 Å². The average Bonchev–Trinajstić information content (AvgIpc) is 3.15. The number of allylic oxidation sites excluding steroid dienone is 6. The van der Waals surface area contributed by atoms with Crippen LogP contribution in [0.2, 0.25) is 0 Å². The molecule has 4 heteroatoms. The van der Waals surface area contributed by atoms with E-state index in [4.69, 9.17) is 0 Å². The smallest absolute Gasteiger partial charge is 0.270 e. The van der Waals surface area contributed by atoms with Crippen LogP contribution < -0.4 is 5.32 Å². The van der Waals surface area contributed by atoms with Crippen molar-refractivity contribution in [1.29, 1.82) is 0 Å². The first-order valence-electron chi connectivity index (χ1n) is 7.64. The Hall–Kier alpha value is -3.40. The minimum atomic E-state index is -0.371. The molecule has 0 saturated carbocycles. The quantitative estimate of drug-likeness (QED) is 0.621. The Morgan fingerprint density at radius 3 is 2.46 bits per heavy atom. The lowest BCUT2D eigenvalue weighted by Crippen LogP contribution is -2.05. The van der Waals surface area contributed by atoms with E-state index in [1.807, 2.05) is 36.4 Å². The summed E-state index contributed by atoms with van der Waals surface area (Å²) in [5, 5.41) is 14.4. The van der Waals surface area contributed by atoms with Crippen molar-refractivity contribution >= 4 is 17.5 Å². The molecular weight excluding hydrogens is 300 g/mol. The predicted octanol–water partition coefficient (Wildman–Crippen LogP) is 5.08. The summed E-state index contributed by atoms with van der Waals surface area (Å²) < 4.78 is 0. The molecule has 0 bridgehead atoms. The van der Waals surface area contributed by atoms with Gasteiger partial charge in [-0.25, -0.2) is 0 Å². The lowest BCUT2D eigenvalue weighted by molar-refractivity contribution is -0.384. The number of non-ortho nitro benzene ring substituents is 1. The van der Waals surface area contributed by atoms with E-state index in [1.165, 1.54) is 6.07 Å². The second-order valence-electron chi connectivity index (χ2n) is 5.66. The number of nitrogens with zero attached hydrogens (tertiary/aromatic N) is 1. The van der Waals surface area contributed by atoms with Gasteiger partial charge in [0.25, 0.3) is 5.69 Å². The van der Waals surface area contributed by atoms with Crippen LogP contribution in [0.15, 0.2) is 84.1 Å². The third-order valence-electron chi connectivity index (χ3n) is 4.11. The van der Waals surface area contributed by atoms with Crippen molar-refractivity contribution in [1.82, 2.24) is 0 Å². The molecule has 0 amide bonds. The third-order valence-corrected chi connectivity index (χ3v) is 4.11. The molecular formula is C20H14N2O2. The van der Waals surface area contributed by atoms with Crippen LogP contribution in [0.3, 0.4) is 0 Å². The Kier molecular flexibility index (Phi) is 3.35. The van der Waals surface area contributed by atoms with Crippen molar-refractivity contribution in [2.24, 2.45) is 0 Å². The van der Waals surface area contributed by atoms with Crippen LogP contribution in [0.4, 0.5) is 11.4 Å². The molecule has 1 aliphatic heterocycles. The van der Waals surface area contributed by atoms with Crippen LogP contribution in [-0.4, -0.2) is 4.92 Å². The topological polar surface area (TPSA) is 55.2 Å². The van der Waals surface area contributed by atoms with E-state index >= 15 is 0 Å². The fourth-order valence-corrected chi connectivity index (χ4v) is 2.87. The van der Waals surface area contributed by atoms with Crippen molar-refractivity contribution in [2.45, 2.75) is 0 Å². The number of hydrogen-bond donors (Lipinski definition) is 1. The molecule has 1 aliphatic carbocycles. The van der Waals surface area contributed by atoms with Gasteiger partial charge < -0.3 is 5.32 Å². The van der Waals surface area contributed by atoms with E-state index in [9.17, 15) is 10.1 Å². The van der Waals surface area contributed by atoms with Crippen LogP contribution in [0.5, 0.6) is 0 Å². The van der Waals surface area contributed by atoms with E-state index in [2.05, 4.69) is 29.6 Å². The van der Waals surface area contributed by atoms with Crippen LogP contribution in [0.25, 0.3) is 17.2 Å². The van der Waals surface area contributed by atoms with Gasteiger partial charge in [0, 0.05) is 23.5 Å². The molecule has 2 aromatic carbocycles. The lowest BCUT2D eigenvalue weighted by atomic mass is 9.98. The van der Waals surface area contributed by atoms with Gasteiger partial charge in [-0.2, -0.15) is 0 Å². The second-order valence-corrected chi connectivity index (χ2v) is 5.66. The predicted molar refractivity (Wildman–Crippen MR) is 96.5 cm³/mol. The Labute approximate surface area is 139 Å². The fourth-order valence-electron chi connectivity index (χ4n) is 2.87. The zero-order chi connectivity index (χ0) is 16.5. The van der Waals surface area contributed by atoms with E-state index in [-0.39, 0.29) is 10.6 Å². The Morgan fingerprint density at radius 1 is 0.875 bits per heavy atom. The van der Waals surface area contributed by atoms with Gasteiger partial charge in [-0.3, -0.25) is 10.1 Å². The molecule has 0 fully saturated rings. The molecule has 0 unspecified atom stereocenters. The van der Waals surface area contributed by atoms with E-state index in [0.29, 0.717) is 0 Å². The first-order chi connectivity index (χ1) is 11.7. The van der Waals surface area contributed by atoms with Gasteiger partial charge in [-0.15, -0.1) is 0 Å². The van der Waals surface area contributed by atoms with E-state index in [1.54, 1.807) is 12.1 Å². The summed E-state index contributed by atoms with van der Waals surface area (Å²) >= 11 is 0. The molecule has 4 rings (SSSR count). The minimum Gasteiger partial charge on any atom is -0.355 e. The molecule has 0 aromatic heterocycles. The highest BCUT2D eigenvalue weighted by molar-refractivity contribution is 5.81. The number of hydrogen-bond acceptors (Lipinski definition) is 3. The summed E-state index contributed by atoms with van der Waals surface area (Å²) in [5.74, 6) is 0. The van der Waals surface area contributed by atoms with Crippen molar-refractivity contribution in [3.8, 4) is 11.1 Å². The molecule has 2 aliphatic rings. The fraction of sp³-hybridized carbons (Fsp3) is 0. The SMILES string of the molecule is O=[N+]([O-])c1cccc(-c2ccc3c(c2)C=CC(=C2C=CC=C2)N3)c1. The molecule has 0 atom stereocenters. The van der Waals surface area contributed by atoms with E-state index in [0.717, 1.165) is 33.6 Å². The molecule has 1 N–H and O–H groups in total. The molecule has 0 spiro atoms. The summed E-state index contributed by atoms with van der Waals surface area (Å²) in [4.78, 5) is 10.6. The van der Waals surface area contributed by atoms with Gasteiger partial charge in [0.1, 0.15) is 0 Å². The molecule has 0 radical (unpaired) electrons. The highest BCUT2D eigenvalue weighted by Gasteiger charge is 2.12. The summed E-state index contributed by atoms with van der Waals surface area (Å²) in [6.07, 6.45) is 12.3. The molecule has 1 heterocycles. The van der Waals surface area contributed by atoms with Crippen LogP contribution >= 0.6 is 0 Å². The Balaban J connectivity index is 1.70. The van der Waals surface area contributed by atoms with Gasteiger partial charge in [0.2, 0.25) is 0 Å². The maximum absolute atomic E-state index is 10.9. The van der Waals surface area contributed by atoms with Crippen LogP contribution in [0.1, 0.15) is 5.56 Å². The highest BCUT2D eigenvalue weighted by atomic mass is 16.6. The van der Waals surface area contributed by atoms with Crippen molar-refractivity contribution in [3.63, 3.8) is 0 Å². The van der Waals surface area contributed by atoms with Crippen molar-refractivity contribution < 1.29 is 4.92 Å². The minimum absolute atomic E-state index is 0.103. The maximum atomic E-state index is 10.9. The lowest BCUT2D eigenvalue weighted by Gasteiger charge is -2.18. The van der Waals surface area contributed by atoms with Gasteiger partial charge in [-0.1, -0.05) is 48.6 Å².